The Bertz CT molecular complexity index is 1600. The molecule has 14 heteroatoms. The minimum Gasteiger partial charge on any atom is -0.418 e. The predicted molar refractivity (Wildman–Crippen MR) is 161 cm³/mol. The molecule has 10 nitrogen and oxygen atoms in total. The molecule has 0 radical (unpaired) electrons. The van der Waals surface area contributed by atoms with Gasteiger partial charge in [0.2, 0.25) is 5.76 Å². The number of para-hydroxylation sites is 1. The minimum absolute atomic E-state index is 0.00525. The fraction of sp³-hybridized carbons (Fsp3) is 0.310. The number of anilines is 5. The quantitative estimate of drug-likeness (QED) is 0.199. The lowest BCUT2D eigenvalue weighted by Crippen LogP contribution is -2.44. The van der Waals surface area contributed by atoms with E-state index in [4.69, 9.17) is 4.42 Å². The summed E-state index contributed by atoms with van der Waals surface area (Å²) in [5.41, 5.74) is 1.24. The first kappa shape index (κ1) is 30.4. The molecule has 43 heavy (non-hydrogen) atoms. The molecule has 0 aliphatic carbocycles. The summed E-state index contributed by atoms with van der Waals surface area (Å²) in [6.45, 7) is 6.79. The van der Waals surface area contributed by atoms with Gasteiger partial charge in [-0.05, 0) is 66.2 Å². The number of alkyl halides is 3. The maximum absolute atomic E-state index is 14.0. The molecule has 1 saturated heterocycles. The van der Waals surface area contributed by atoms with Gasteiger partial charge in [-0.15, -0.1) is 0 Å². The van der Waals surface area contributed by atoms with E-state index in [-0.39, 0.29) is 41.2 Å². The average Bonchev–Trinajstić information content (AvgIpc) is 3.40. The van der Waals surface area contributed by atoms with E-state index in [1.54, 1.807) is 13.0 Å². The summed E-state index contributed by atoms with van der Waals surface area (Å²) in [4.78, 5) is 29.6. The van der Waals surface area contributed by atoms with E-state index in [9.17, 15) is 18.0 Å². The van der Waals surface area contributed by atoms with Crippen LogP contribution in [0.3, 0.4) is 0 Å². The van der Waals surface area contributed by atoms with E-state index in [2.05, 4.69) is 51.7 Å². The van der Waals surface area contributed by atoms with Crippen molar-refractivity contribution < 1.29 is 22.4 Å². The summed E-state index contributed by atoms with van der Waals surface area (Å²) in [7, 11) is 2.00. The first-order chi connectivity index (χ1) is 20.4. The van der Waals surface area contributed by atoms with Gasteiger partial charge in [0.05, 0.1) is 17.4 Å². The van der Waals surface area contributed by atoms with Crippen LogP contribution in [-0.2, 0) is 12.7 Å². The zero-order valence-corrected chi connectivity index (χ0v) is 25.3. The summed E-state index contributed by atoms with van der Waals surface area (Å²) in [5, 5.41) is 8.62. The van der Waals surface area contributed by atoms with Crippen molar-refractivity contribution in [3.05, 3.63) is 81.4 Å². The highest BCUT2D eigenvalue weighted by molar-refractivity contribution is 9.10. The average molecular weight is 660 g/mol. The molecule has 0 unspecified atom stereocenters. The number of likely N-dealkylation sites (N-methyl/N-ethyl adjacent to an activating group) is 1. The summed E-state index contributed by atoms with van der Waals surface area (Å²) in [5.74, 6) is 0.368. The molecule has 1 fully saturated rings. The van der Waals surface area contributed by atoms with Crippen molar-refractivity contribution in [3.63, 3.8) is 0 Å². The van der Waals surface area contributed by atoms with Gasteiger partial charge >= 0.3 is 12.2 Å². The van der Waals surface area contributed by atoms with Gasteiger partial charge in [-0.25, -0.2) is 15.0 Å². The molecule has 2 aromatic heterocycles. The Hall–Kier alpha value is -4.01. The largest absolute Gasteiger partial charge is 0.418 e. The fourth-order valence-electron chi connectivity index (χ4n) is 4.66. The fourth-order valence-corrected chi connectivity index (χ4v) is 5.22. The van der Waals surface area contributed by atoms with Crippen LogP contribution in [0.5, 0.6) is 0 Å². The normalized spacial score (nSPS) is 14.5. The van der Waals surface area contributed by atoms with Crippen LogP contribution in [0.25, 0.3) is 0 Å². The van der Waals surface area contributed by atoms with E-state index >= 15 is 0 Å². The maximum Gasteiger partial charge on any atom is 0.416 e. The predicted octanol–water partition coefficient (Wildman–Crippen LogP) is 6.35. The highest BCUT2D eigenvalue weighted by atomic mass is 79.9. The molecule has 1 amide bonds. The number of aryl methyl sites for hydroxylation is 2. The molecule has 1 aliphatic heterocycles. The van der Waals surface area contributed by atoms with Crippen LogP contribution in [0.1, 0.15) is 33.1 Å². The van der Waals surface area contributed by atoms with Crippen LogP contribution in [0, 0.1) is 13.8 Å². The van der Waals surface area contributed by atoms with Gasteiger partial charge in [0, 0.05) is 49.0 Å². The Labute approximate surface area is 254 Å². The number of amides is 1. The first-order valence-electron chi connectivity index (χ1n) is 13.5. The summed E-state index contributed by atoms with van der Waals surface area (Å²) < 4.78 is 48.4. The molecule has 1 aliphatic rings. The number of nitrogens with zero attached hydrogens (tertiary/aromatic N) is 5. The van der Waals surface area contributed by atoms with Gasteiger partial charge in [-0.3, -0.25) is 15.0 Å². The van der Waals surface area contributed by atoms with Gasteiger partial charge in [0.1, 0.15) is 17.5 Å². The number of piperazine rings is 1. The van der Waals surface area contributed by atoms with Crippen LogP contribution in [0.4, 0.5) is 42.2 Å². The first-order valence-corrected chi connectivity index (χ1v) is 14.3. The van der Waals surface area contributed by atoms with Crippen molar-refractivity contribution in [2.24, 2.45) is 0 Å². The number of oxazole rings is 1. The Morgan fingerprint density at radius 2 is 1.74 bits per heavy atom. The summed E-state index contributed by atoms with van der Waals surface area (Å²) in [6.07, 6.45) is -3.24. The van der Waals surface area contributed by atoms with E-state index in [0.29, 0.717) is 24.6 Å². The lowest BCUT2D eigenvalue weighted by atomic mass is 10.0. The number of rotatable bonds is 8. The van der Waals surface area contributed by atoms with Gasteiger partial charge in [0.25, 0.3) is 5.91 Å². The van der Waals surface area contributed by atoms with Gasteiger partial charge in [-0.1, -0.05) is 18.2 Å². The third-order valence-electron chi connectivity index (χ3n) is 6.94. The lowest BCUT2D eigenvalue weighted by molar-refractivity contribution is -0.138. The monoisotopic (exact) mass is 658 g/mol. The summed E-state index contributed by atoms with van der Waals surface area (Å²) in [6, 6.07) is 11.3. The third kappa shape index (κ3) is 7.69. The topological polar surface area (TPSA) is 111 Å². The maximum atomic E-state index is 14.0. The van der Waals surface area contributed by atoms with Crippen LogP contribution < -0.4 is 16.0 Å². The zero-order chi connectivity index (χ0) is 30.7. The Balaban J connectivity index is 1.29. The van der Waals surface area contributed by atoms with Crippen molar-refractivity contribution in [3.8, 4) is 0 Å². The molecule has 3 N–H and O–H groups in total. The van der Waals surface area contributed by atoms with Crippen LogP contribution in [0.15, 0.2) is 57.6 Å². The molecule has 2 aromatic carbocycles. The van der Waals surface area contributed by atoms with Gasteiger partial charge < -0.3 is 20.0 Å². The number of carbonyl (C=O) groups excluding carboxylic acids is 1. The van der Waals surface area contributed by atoms with Crippen molar-refractivity contribution in [2.75, 3.05) is 49.2 Å². The molecule has 0 atom stereocenters. The minimum atomic E-state index is -4.52. The second-order valence-electron chi connectivity index (χ2n) is 10.3. The summed E-state index contributed by atoms with van der Waals surface area (Å²) >= 11 is 3.42. The molecule has 0 bridgehead atoms. The Kier molecular flexibility index (Phi) is 8.99. The van der Waals surface area contributed by atoms with Crippen molar-refractivity contribution in [1.29, 1.82) is 0 Å². The van der Waals surface area contributed by atoms with Crippen molar-refractivity contribution in [1.82, 2.24) is 24.8 Å². The van der Waals surface area contributed by atoms with Gasteiger partial charge in [0.15, 0.2) is 0 Å². The second-order valence-corrected chi connectivity index (χ2v) is 11.2. The van der Waals surface area contributed by atoms with E-state index in [1.165, 1.54) is 18.3 Å². The van der Waals surface area contributed by atoms with E-state index in [0.717, 1.165) is 29.2 Å². The third-order valence-corrected chi connectivity index (χ3v) is 7.60. The number of aromatic nitrogens is 3. The molecule has 4 aromatic rings. The molecular formula is C29H30BrF3N8O2. The zero-order valence-electron chi connectivity index (χ0n) is 23.7. The lowest BCUT2D eigenvalue weighted by Gasteiger charge is -2.33. The molecule has 3 heterocycles. The number of hydrogen-bond donors (Lipinski definition) is 3. The molecule has 0 saturated carbocycles. The van der Waals surface area contributed by atoms with Crippen LogP contribution >= 0.6 is 15.9 Å². The van der Waals surface area contributed by atoms with E-state index in [1.807, 2.05) is 37.1 Å². The highest BCUT2D eigenvalue weighted by Crippen LogP contribution is 2.35. The Morgan fingerprint density at radius 1 is 1.02 bits per heavy atom. The van der Waals surface area contributed by atoms with Crippen molar-refractivity contribution in [2.45, 2.75) is 26.6 Å². The smallest absolute Gasteiger partial charge is 0.416 e. The van der Waals surface area contributed by atoms with Crippen LogP contribution in [-0.4, -0.2) is 63.9 Å². The highest BCUT2D eigenvalue weighted by Gasteiger charge is 2.34. The Morgan fingerprint density at radius 3 is 2.44 bits per heavy atom. The number of nitrogens with one attached hydrogen (secondary N) is 3. The van der Waals surface area contributed by atoms with Crippen molar-refractivity contribution >= 4 is 50.9 Å². The molecule has 226 valence electrons. The number of halogens is 4. The SMILES string of the molecule is Cc1nc(Nc2ccc(CN3CCN(C)CC3)c(C(F)(F)F)c2)cc(Nc2ncc(C(=O)Nc3c(C)cccc3Br)o2)n1. The van der Waals surface area contributed by atoms with Crippen LogP contribution in [0.2, 0.25) is 0 Å². The number of carbonyl (C=O) groups is 1. The molecular weight excluding hydrogens is 629 g/mol. The van der Waals surface area contributed by atoms with E-state index < -0.39 is 17.6 Å². The van der Waals surface area contributed by atoms with Gasteiger partial charge in [-0.2, -0.15) is 13.2 Å². The molecule has 5 rings (SSSR count). The number of hydrogen-bond acceptors (Lipinski definition) is 9. The second kappa shape index (κ2) is 12.7. The molecule has 0 spiro atoms. The number of benzene rings is 2. The standard InChI is InChI=1S/C29H30BrF3N8O2/c1-17-5-4-6-22(30)26(17)39-27(42)23-15-34-28(43-23)38-25-14-24(35-18(2)36-25)37-20-8-7-19(21(13-20)29(31,32)33)16-41-11-9-40(3)10-12-41/h4-8,13-15H,9-12,16H2,1-3H3,(H,39,42)(H2,34,35,36,37,38).